The molecule has 1 fully saturated rings. The number of ether oxygens (including phenoxy) is 3. The first-order valence-corrected chi connectivity index (χ1v) is 6.89. The maximum atomic E-state index is 5.72. The van der Waals surface area contributed by atoms with Gasteiger partial charge in [0.15, 0.2) is 6.29 Å². The second kappa shape index (κ2) is 6.55. The van der Waals surface area contributed by atoms with Gasteiger partial charge in [0.2, 0.25) is 0 Å². The number of hydrogen-bond donors (Lipinski definition) is 0. The van der Waals surface area contributed by atoms with Gasteiger partial charge in [-0.1, -0.05) is 42.5 Å². The van der Waals surface area contributed by atoms with Crippen LogP contribution in [0.25, 0.3) is 0 Å². The summed E-state index contributed by atoms with van der Waals surface area (Å²) in [6, 6.07) is 18.2. The van der Waals surface area contributed by atoms with Crippen molar-refractivity contribution in [3.63, 3.8) is 0 Å². The zero-order valence-corrected chi connectivity index (χ0v) is 11.3. The van der Waals surface area contributed by atoms with E-state index < -0.39 is 0 Å². The fraction of sp³-hybridized carbons (Fsp3) is 0.294. The molecule has 3 nitrogen and oxygen atoms in total. The van der Waals surface area contributed by atoms with E-state index in [4.69, 9.17) is 14.2 Å². The second-order valence-corrected chi connectivity index (χ2v) is 4.79. The van der Waals surface area contributed by atoms with Crippen LogP contribution in [0.3, 0.4) is 0 Å². The molecule has 0 unspecified atom stereocenters. The summed E-state index contributed by atoms with van der Waals surface area (Å²) in [4.78, 5) is 0. The summed E-state index contributed by atoms with van der Waals surface area (Å²) in [6.07, 6.45) is 0.723. The molecule has 1 aliphatic rings. The molecule has 0 aliphatic carbocycles. The summed E-state index contributed by atoms with van der Waals surface area (Å²) >= 11 is 0. The van der Waals surface area contributed by atoms with Crippen molar-refractivity contribution in [2.75, 3.05) is 13.2 Å². The van der Waals surface area contributed by atoms with Gasteiger partial charge >= 0.3 is 0 Å². The Bertz CT molecular complexity index is 516. The lowest BCUT2D eigenvalue weighted by Gasteiger charge is -2.10. The fourth-order valence-electron chi connectivity index (χ4n) is 2.17. The van der Waals surface area contributed by atoms with Crippen molar-refractivity contribution in [1.82, 2.24) is 0 Å². The van der Waals surface area contributed by atoms with E-state index in [0.717, 1.165) is 17.7 Å². The summed E-state index contributed by atoms with van der Waals surface area (Å²) in [5, 5.41) is 0. The fourth-order valence-corrected chi connectivity index (χ4v) is 2.17. The van der Waals surface area contributed by atoms with Crippen LogP contribution in [-0.4, -0.2) is 19.5 Å². The highest BCUT2D eigenvalue weighted by atomic mass is 16.7. The molecule has 20 heavy (non-hydrogen) atoms. The standard InChI is InChI=1S/C17H18O3/c1-2-4-16(5-3-1)20-13-15-8-6-14(7-9-15)12-17-18-10-11-19-17/h1-9,17H,10-13H2. The zero-order chi connectivity index (χ0) is 13.6. The monoisotopic (exact) mass is 270 g/mol. The summed E-state index contributed by atoms with van der Waals surface area (Å²) in [6.45, 7) is 1.99. The number of rotatable bonds is 5. The lowest BCUT2D eigenvalue weighted by molar-refractivity contribution is -0.0399. The van der Waals surface area contributed by atoms with Crippen molar-refractivity contribution in [1.29, 1.82) is 0 Å². The smallest absolute Gasteiger partial charge is 0.161 e. The van der Waals surface area contributed by atoms with E-state index in [0.29, 0.717) is 19.8 Å². The van der Waals surface area contributed by atoms with Crippen molar-refractivity contribution in [3.8, 4) is 5.75 Å². The molecule has 0 saturated carbocycles. The largest absolute Gasteiger partial charge is 0.489 e. The van der Waals surface area contributed by atoms with Crippen LogP contribution in [0.2, 0.25) is 0 Å². The van der Waals surface area contributed by atoms with Crippen LogP contribution in [-0.2, 0) is 22.5 Å². The summed E-state index contributed by atoms with van der Waals surface area (Å²) < 4.78 is 16.6. The van der Waals surface area contributed by atoms with E-state index in [2.05, 4.69) is 24.3 Å². The molecule has 1 heterocycles. The Labute approximate surface area is 119 Å². The van der Waals surface area contributed by atoms with Crippen LogP contribution in [0.4, 0.5) is 0 Å². The number of para-hydroxylation sites is 1. The quantitative estimate of drug-likeness (QED) is 0.835. The highest BCUT2D eigenvalue weighted by molar-refractivity contribution is 5.25. The van der Waals surface area contributed by atoms with Gasteiger partial charge in [0.25, 0.3) is 0 Å². The molecule has 0 N–H and O–H groups in total. The summed E-state index contributed by atoms with van der Waals surface area (Å²) in [7, 11) is 0. The average molecular weight is 270 g/mol. The van der Waals surface area contributed by atoms with E-state index in [1.807, 2.05) is 30.3 Å². The van der Waals surface area contributed by atoms with Crippen molar-refractivity contribution in [2.45, 2.75) is 19.3 Å². The van der Waals surface area contributed by atoms with Crippen LogP contribution in [0.15, 0.2) is 54.6 Å². The highest BCUT2D eigenvalue weighted by Gasteiger charge is 2.15. The third-order valence-electron chi connectivity index (χ3n) is 3.26. The summed E-state index contributed by atoms with van der Waals surface area (Å²) in [5.74, 6) is 0.893. The molecular formula is C17H18O3. The molecule has 3 rings (SSSR count). The van der Waals surface area contributed by atoms with E-state index in [1.54, 1.807) is 0 Å². The molecule has 0 bridgehead atoms. The Balaban J connectivity index is 1.53. The molecule has 104 valence electrons. The molecule has 3 heteroatoms. The van der Waals surface area contributed by atoms with E-state index in [-0.39, 0.29) is 6.29 Å². The Morgan fingerprint density at radius 2 is 1.50 bits per heavy atom. The Hall–Kier alpha value is -1.84. The van der Waals surface area contributed by atoms with Gasteiger partial charge in [-0.05, 0) is 23.3 Å². The normalized spacial score (nSPS) is 15.4. The topological polar surface area (TPSA) is 27.7 Å². The third kappa shape index (κ3) is 3.59. The van der Waals surface area contributed by atoms with Gasteiger partial charge in [0, 0.05) is 6.42 Å². The molecule has 1 aliphatic heterocycles. The van der Waals surface area contributed by atoms with E-state index in [9.17, 15) is 0 Å². The van der Waals surface area contributed by atoms with Crippen LogP contribution < -0.4 is 4.74 Å². The van der Waals surface area contributed by atoms with Gasteiger partial charge in [-0.25, -0.2) is 0 Å². The van der Waals surface area contributed by atoms with Gasteiger partial charge < -0.3 is 14.2 Å². The first-order chi connectivity index (χ1) is 9.90. The van der Waals surface area contributed by atoms with Gasteiger partial charge in [-0.2, -0.15) is 0 Å². The SMILES string of the molecule is c1ccc(OCc2ccc(CC3OCCO3)cc2)cc1. The minimum atomic E-state index is -0.0820. The van der Waals surface area contributed by atoms with Crippen LogP contribution in [0.1, 0.15) is 11.1 Å². The van der Waals surface area contributed by atoms with Gasteiger partial charge in [0.1, 0.15) is 12.4 Å². The number of benzene rings is 2. The molecular weight excluding hydrogens is 252 g/mol. The second-order valence-electron chi connectivity index (χ2n) is 4.79. The minimum Gasteiger partial charge on any atom is -0.489 e. The molecule has 2 aromatic carbocycles. The van der Waals surface area contributed by atoms with Crippen LogP contribution in [0, 0.1) is 0 Å². The predicted octanol–water partition coefficient (Wildman–Crippen LogP) is 3.18. The third-order valence-corrected chi connectivity index (χ3v) is 3.26. The van der Waals surface area contributed by atoms with Crippen LogP contribution in [0.5, 0.6) is 5.75 Å². The van der Waals surface area contributed by atoms with Crippen molar-refractivity contribution >= 4 is 0 Å². The van der Waals surface area contributed by atoms with Crippen molar-refractivity contribution in [3.05, 3.63) is 65.7 Å². The van der Waals surface area contributed by atoms with Gasteiger partial charge in [-0.3, -0.25) is 0 Å². The number of hydrogen-bond acceptors (Lipinski definition) is 3. The minimum absolute atomic E-state index is 0.0820. The Morgan fingerprint density at radius 3 is 2.20 bits per heavy atom. The maximum Gasteiger partial charge on any atom is 0.161 e. The summed E-state index contributed by atoms with van der Waals surface area (Å²) in [5.41, 5.74) is 2.38. The van der Waals surface area contributed by atoms with E-state index in [1.165, 1.54) is 5.56 Å². The molecule has 0 aromatic heterocycles. The molecule has 0 atom stereocenters. The molecule has 2 aromatic rings. The predicted molar refractivity (Wildman–Crippen MR) is 76.6 cm³/mol. The first-order valence-electron chi connectivity index (χ1n) is 6.89. The molecule has 0 spiro atoms. The zero-order valence-electron chi connectivity index (χ0n) is 11.3. The molecule has 0 radical (unpaired) electrons. The van der Waals surface area contributed by atoms with Gasteiger partial charge in [-0.15, -0.1) is 0 Å². The van der Waals surface area contributed by atoms with E-state index >= 15 is 0 Å². The molecule has 0 amide bonds. The lowest BCUT2D eigenvalue weighted by Crippen LogP contribution is -2.11. The Kier molecular flexibility index (Phi) is 4.31. The van der Waals surface area contributed by atoms with Gasteiger partial charge in [0.05, 0.1) is 13.2 Å². The average Bonchev–Trinajstić information content (AvgIpc) is 3.01. The first kappa shape index (κ1) is 13.2. The molecule has 1 saturated heterocycles. The van der Waals surface area contributed by atoms with Crippen LogP contribution >= 0.6 is 0 Å². The maximum absolute atomic E-state index is 5.72. The lowest BCUT2D eigenvalue weighted by atomic mass is 10.1. The van der Waals surface area contributed by atoms with Crippen molar-refractivity contribution < 1.29 is 14.2 Å². The van der Waals surface area contributed by atoms with Crippen molar-refractivity contribution in [2.24, 2.45) is 0 Å². The Morgan fingerprint density at radius 1 is 0.850 bits per heavy atom. The highest BCUT2D eigenvalue weighted by Crippen LogP contribution is 2.15.